The number of nitrogens with zero attached hydrogens (tertiary/aromatic N) is 1. The van der Waals surface area contributed by atoms with Crippen LogP contribution in [0.1, 0.15) is 41.1 Å². The van der Waals surface area contributed by atoms with Crippen molar-refractivity contribution in [2.24, 2.45) is 0 Å². The largest absolute Gasteiger partial charge is 0.503 e. The summed E-state index contributed by atoms with van der Waals surface area (Å²) in [7, 11) is 0. The number of furan rings is 1. The van der Waals surface area contributed by atoms with Crippen molar-refractivity contribution in [2.75, 3.05) is 26.2 Å². The molecule has 2 aromatic heterocycles. The molecule has 27 heavy (non-hydrogen) atoms. The highest BCUT2D eigenvalue weighted by Gasteiger charge is 2.45. The molecule has 3 heterocycles. The third-order valence-electron chi connectivity index (χ3n) is 5.03. The molecule has 0 fully saturated rings. The van der Waals surface area contributed by atoms with E-state index in [-0.39, 0.29) is 11.4 Å². The van der Waals surface area contributed by atoms with Crippen molar-refractivity contribution < 1.29 is 24.0 Å². The Morgan fingerprint density at radius 1 is 1.30 bits per heavy atom. The number of aryl methyl sites for hydroxylation is 1. The third kappa shape index (κ3) is 3.70. The quantitative estimate of drug-likeness (QED) is 0.679. The number of nitrogens with one attached hydrogen (secondary N) is 1. The van der Waals surface area contributed by atoms with Crippen molar-refractivity contribution in [1.82, 2.24) is 4.90 Å². The van der Waals surface area contributed by atoms with Crippen LogP contribution in [0.15, 0.2) is 45.4 Å². The van der Waals surface area contributed by atoms with Crippen LogP contribution in [0.4, 0.5) is 0 Å². The van der Waals surface area contributed by atoms with Crippen LogP contribution in [-0.4, -0.2) is 47.9 Å². The second-order valence-corrected chi connectivity index (χ2v) is 7.57. The molecule has 1 aliphatic rings. The number of carbonyl (C=O) groups is 2. The molecule has 0 saturated heterocycles. The first-order chi connectivity index (χ1) is 13.0. The SMILES string of the molecule is CC[NH+](CC)CCN1C(=O)C(O)=C(C(=O)c2cccs2)[C@H]1c1ccc(C)o1. The molecule has 1 amide bonds. The van der Waals surface area contributed by atoms with Crippen LogP contribution in [0.3, 0.4) is 0 Å². The number of rotatable bonds is 8. The average molecular weight is 389 g/mol. The van der Waals surface area contributed by atoms with E-state index in [0.717, 1.165) is 19.6 Å². The predicted molar refractivity (Wildman–Crippen MR) is 103 cm³/mol. The Kier molecular flexibility index (Phi) is 5.82. The Balaban J connectivity index is 1.97. The van der Waals surface area contributed by atoms with Crippen LogP contribution in [0.25, 0.3) is 0 Å². The minimum Gasteiger partial charge on any atom is -0.503 e. The number of quaternary nitrogens is 1. The summed E-state index contributed by atoms with van der Waals surface area (Å²) >= 11 is 1.29. The molecule has 1 aliphatic heterocycles. The summed E-state index contributed by atoms with van der Waals surface area (Å²) in [6.45, 7) is 9.08. The Bertz CT molecular complexity index is 849. The van der Waals surface area contributed by atoms with Gasteiger partial charge in [-0.1, -0.05) is 6.07 Å². The van der Waals surface area contributed by atoms with Crippen molar-refractivity contribution in [1.29, 1.82) is 0 Å². The number of likely N-dealkylation sites (N-methyl/N-ethyl adjacent to an activating group) is 1. The standard InChI is InChI=1S/C20H24N2O4S/c1-4-21(5-2)10-11-22-17(14-9-8-13(3)26-14)16(19(24)20(22)25)18(23)15-7-6-12-27-15/h6-9,12,17,24H,4-5,10-11H2,1-3H3/p+1/t17-/m1/s1. The first-order valence-electron chi connectivity index (χ1n) is 9.20. The Morgan fingerprint density at radius 3 is 2.59 bits per heavy atom. The van der Waals surface area contributed by atoms with Crippen LogP contribution >= 0.6 is 11.3 Å². The fourth-order valence-electron chi connectivity index (χ4n) is 3.44. The summed E-state index contributed by atoms with van der Waals surface area (Å²) < 4.78 is 5.76. The average Bonchev–Trinajstić information content (AvgIpc) is 3.38. The van der Waals surface area contributed by atoms with Gasteiger partial charge in [-0.2, -0.15) is 0 Å². The molecule has 0 radical (unpaired) electrons. The van der Waals surface area contributed by atoms with E-state index >= 15 is 0 Å². The lowest BCUT2D eigenvalue weighted by Gasteiger charge is -2.26. The van der Waals surface area contributed by atoms with Crippen molar-refractivity contribution in [3.63, 3.8) is 0 Å². The Morgan fingerprint density at radius 2 is 2.04 bits per heavy atom. The van der Waals surface area contributed by atoms with Gasteiger partial charge in [0.05, 0.1) is 36.6 Å². The molecule has 0 aliphatic carbocycles. The molecule has 3 rings (SSSR count). The zero-order chi connectivity index (χ0) is 19.6. The second-order valence-electron chi connectivity index (χ2n) is 6.63. The number of Topliss-reactive ketones (excluding diaryl/α,β-unsaturated/α-hetero) is 1. The molecule has 6 nitrogen and oxygen atoms in total. The summed E-state index contributed by atoms with van der Waals surface area (Å²) in [5.41, 5.74) is 0.103. The highest BCUT2D eigenvalue weighted by Crippen LogP contribution is 2.39. The Labute approximate surface area is 162 Å². The van der Waals surface area contributed by atoms with Crippen LogP contribution in [0.5, 0.6) is 0 Å². The molecule has 1 atom stereocenters. The van der Waals surface area contributed by atoms with Gasteiger partial charge < -0.3 is 19.3 Å². The van der Waals surface area contributed by atoms with Gasteiger partial charge in [0.15, 0.2) is 5.76 Å². The van der Waals surface area contributed by atoms with Gasteiger partial charge >= 0.3 is 0 Å². The normalized spacial score (nSPS) is 17.4. The highest BCUT2D eigenvalue weighted by molar-refractivity contribution is 7.12. The lowest BCUT2D eigenvalue weighted by Crippen LogP contribution is -3.12. The zero-order valence-corrected chi connectivity index (χ0v) is 16.6. The summed E-state index contributed by atoms with van der Waals surface area (Å²) in [6, 6.07) is 6.35. The van der Waals surface area contributed by atoms with E-state index in [4.69, 9.17) is 4.42 Å². The first-order valence-corrected chi connectivity index (χ1v) is 10.1. The summed E-state index contributed by atoms with van der Waals surface area (Å²) in [5, 5.41) is 12.3. The van der Waals surface area contributed by atoms with Gasteiger partial charge in [-0.15, -0.1) is 11.3 Å². The highest BCUT2D eigenvalue weighted by atomic mass is 32.1. The van der Waals surface area contributed by atoms with E-state index in [2.05, 4.69) is 13.8 Å². The molecule has 7 heteroatoms. The van der Waals surface area contributed by atoms with Crippen molar-refractivity contribution in [3.8, 4) is 0 Å². The molecule has 0 aromatic carbocycles. The van der Waals surface area contributed by atoms with Gasteiger partial charge in [0.25, 0.3) is 5.91 Å². The van der Waals surface area contributed by atoms with Crippen LogP contribution < -0.4 is 4.90 Å². The van der Waals surface area contributed by atoms with E-state index < -0.39 is 17.7 Å². The Hall–Kier alpha value is -2.38. The number of amides is 1. The van der Waals surface area contributed by atoms with Gasteiger partial charge in [-0.3, -0.25) is 9.59 Å². The zero-order valence-electron chi connectivity index (χ0n) is 15.8. The molecular formula is C20H25N2O4S+. The predicted octanol–water partition coefficient (Wildman–Crippen LogP) is 2.15. The topological polar surface area (TPSA) is 75.2 Å². The minimum atomic E-state index is -0.698. The fourth-order valence-corrected chi connectivity index (χ4v) is 4.11. The van der Waals surface area contributed by atoms with E-state index in [1.807, 2.05) is 6.92 Å². The van der Waals surface area contributed by atoms with Gasteiger partial charge in [-0.05, 0) is 44.4 Å². The molecule has 0 unspecified atom stereocenters. The number of aliphatic hydroxyl groups is 1. The molecule has 0 spiro atoms. The van der Waals surface area contributed by atoms with Gasteiger partial charge in [0, 0.05) is 0 Å². The van der Waals surface area contributed by atoms with Gasteiger partial charge in [0.2, 0.25) is 5.78 Å². The molecule has 0 bridgehead atoms. The molecule has 144 valence electrons. The second kappa shape index (κ2) is 8.10. The van der Waals surface area contributed by atoms with Crippen molar-refractivity contribution in [2.45, 2.75) is 26.8 Å². The molecule has 2 aromatic rings. The lowest BCUT2D eigenvalue weighted by atomic mass is 10.0. The van der Waals surface area contributed by atoms with Crippen LogP contribution in [0, 0.1) is 6.92 Å². The number of thiophene rings is 1. The summed E-state index contributed by atoms with van der Waals surface area (Å²) in [4.78, 5) is 29.2. The first kappa shape index (κ1) is 19.4. The number of ketones is 1. The maximum absolute atomic E-state index is 13.0. The van der Waals surface area contributed by atoms with Crippen molar-refractivity contribution in [3.05, 3.63) is 57.4 Å². The molecule has 0 saturated carbocycles. The number of aliphatic hydroxyl groups excluding tert-OH is 1. The monoisotopic (exact) mass is 389 g/mol. The van der Waals surface area contributed by atoms with E-state index in [0.29, 0.717) is 22.9 Å². The van der Waals surface area contributed by atoms with Crippen LogP contribution in [0.2, 0.25) is 0 Å². The third-order valence-corrected chi connectivity index (χ3v) is 5.90. The van der Waals surface area contributed by atoms with E-state index in [9.17, 15) is 14.7 Å². The van der Waals surface area contributed by atoms with Gasteiger partial charge in [0.1, 0.15) is 17.6 Å². The maximum atomic E-state index is 13.0. The van der Waals surface area contributed by atoms with Crippen LogP contribution in [-0.2, 0) is 4.79 Å². The number of hydrogen-bond donors (Lipinski definition) is 2. The van der Waals surface area contributed by atoms with E-state index in [1.165, 1.54) is 16.2 Å². The summed E-state index contributed by atoms with van der Waals surface area (Å²) in [5.74, 6) is -0.115. The van der Waals surface area contributed by atoms with Gasteiger partial charge in [-0.25, -0.2) is 0 Å². The van der Waals surface area contributed by atoms with E-state index in [1.54, 1.807) is 34.5 Å². The number of hydrogen-bond acceptors (Lipinski definition) is 5. The number of carbonyl (C=O) groups excluding carboxylic acids is 2. The maximum Gasteiger partial charge on any atom is 0.290 e. The smallest absolute Gasteiger partial charge is 0.290 e. The fraction of sp³-hybridized carbons (Fsp3) is 0.400. The lowest BCUT2D eigenvalue weighted by molar-refractivity contribution is -0.895. The van der Waals surface area contributed by atoms with Crippen molar-refractivity contribution >= 4 is 23.0 Å². The molecular weight excluding hydrogens is 364 g/mol. The minimum absolute atomic E-state index is 0.103. The molecule has 2 N–H and O–H groups in total. The summed E-state index contributed by atoms with van der Waals surface area (Å²) in [6.07, 6.45) is 0.